The molecule has 6 heteroatoms. The van der Waals surface area contributed by atoms with Crippen LogP contribution in [0.2, 0.25) is 5.02 Å². The molecule has 1 atom stereocenters. The average Bonchev–Trinajstić information content (AvgIpc) is 3.19. The van der Waals surface area contributed by atoms with Crippen LogP contribution in [-0.4, -0.2) is 28.8 Å². The zero-order valence-electron chi connectivity index (χ0n) is 12.3. The maximum Gasteiger partial charge on any atom is 0.224 e. The third-order valence-electron chi connectivity index (χ3n) is 3.92. The highest BCUT2D eigenvalue weighted by Gasteiger charge is 2.16. The molecular formula is C16H19ClN4O. The lowest BCUT2D eigenvalue weighted by Crippen LogP contribution is -2.15. The number of halogens is 1. The highest BCUT2D eigenvalue weighted by molar-refractivity contribution is 6.32. The molecule has 5 nitrogen and oxygen atoms in total. The predicted octanol–water partition coefficient (Wildman–Crippen LogP) is 2.85. The van der Waals surface area contributed by atoms with E-state index in [1.807, 2.05) is 24.4 Å². The Morgan fingerprint density at radius 1 is 1.50 bits per heavy atom. The van der Waals surface area contributed by atoms with Crippen LogP contribution in [0.25, 0.3) is 5.69 Å². The van der Waals surface area contributed by atoms with Gasteiger partial charge < -0.3 is 10.6 Å². The lowest BCUT2D eigenvalue weighted by atomic mass is 10.0. The average molecular weight is 319 g/mol. The van der Waals surface area contributed by atoms with Crippen molar-refractivity contribution in [2.45, 2.75) is 19.3 Å². The minimum Gasteiger partial charge on any atom is -0.326 e. The summed E-state index contributed by atoms with van der Waals surface area (Å²) >= 11 is 6.26. The lowest BCUT2D eigenvalue weighted by molar-refractivity contribution is -0.116. The van der Waals surface area contributed by atoms with Crippen LogP contribution >= 0.6 is 11.6 Å². The zero-order valence-corrected chi connectivity index (χ0v) is 13.0. The number of carbonyl (C=O) groups is 1. The van der Waals surface area contributed by atoms with E-state index >= 15 is 0 Å². The van der Waals surface area contributed by atoms with Gasteiger partial charge in [0.05, 0.1) is 10.7 Å². The van der Waals surface area contributed by atoms with Crippen molar-refractivity contribution >= 4 is 23.2 Å². The van der Waals surface area contributed by atoms with Crippen molar-refractivity contribution < 1.29 is 4.79 Å². The molecule has 3 rings (SSSR count). The first-order chi connectivity index (χ1) is 10.7. The quantitative estimate of drug-likeness (QED) is 0.891. The summed E-state index contributed by atoms with van der Waals surface area (Å²) in [6, 6.07) is 7.29. The van der Waals surface area contributed by atoms with Crippen molar-refractivity contribution in [3.05, 3.63) is 41.7 Å². The smallest absolute Gasteiger partial charge is 0.224 e. The Bertz CT molecular complexity index is 636. The van der Waals surface area contributed by atoms with Crippen molar-refractivity contribution in [1.29, 1.82) is 0 Å². The second-order valence-electron chi connectivity index (χ2n) is 5.56. The van der Waals surface area contributed by atoms with Gasteiger partial charge in [-0.1, -0.05) is 11.6 Å². The highest BCUT2D eigenvalue weighted by atomic mass is 35.5. The molecule has 0 aliphatic carbocycles. The van der Waals surface area contributed by atoms with Gasteiger partial charge in [0.1, 0.15) is 0 Å². The molecule has 1 saturated heterocycles. The molecular weight excluding hydrogens is 300 g/mol. The molecule has 2 heterocycles. The van der Waals surface area contributed by atoms with Crippen LogP contribution in [0.15, 0.2) is 36.7 Å². The fraction of sp³-hybridized carbons (Fsp3) is 0.375. The molecule has 0 saturated carbocycles. The van der Waals surface area contributed by atoms with Crippen molar-refractivity contribution in [2.24, 2.45) is 5.92 Å². The molecule has 0 spiro atoms. The zero-order chi connectivity index (χ0) is 15.4. The Hall–Kier alpha value is -1.85. The van der Waals surface area contributed by atoms with E-state index in [2.05, 4.69) is 15.7 Å². The summed E-state index contributed by atoms with van der Waals surface area (Å²) in [6.45, 7) is 2.09. The van der Waals surface area contributed by atoms with Gasteiger partial charge in [0.15, 0.2) is 0 Å². The Labute approximate surface area is 134 Å². The maximum atomic E-state index is 12.0. The van der Waals surface area contributed by atoms with Gasteiger partial charge in [0, 0.05) is 24.5 Å². The number of nitrogens with zero attached hydrogens (tertiary/aromatic N) is 2. The van der Waals surface area contributed by atoms with Gasteiger partial charge in [-0.2, -0.15) is 5.10 Å². The van der Waals surface area contributed by atoms with E-state index in [9.17, 15) is 4.79 Å². The molecule has 0 radical (unpaired) electrons. The molecule has 1 aromatic carbocycles. The summed E-state index contributed by atoms with van der Waals surface area (Å²) in [5, 5.41) is 10.9. The fourth-order valence-electron chi connectivity index (χ4n) is 2.70. The van der Waals surface area contributed by atoms with E-state index in [1.165, 1.54) is 0 Å². The Morgan fingerprint density at radius 2 is 2.41 bits per heavy atom. The van der Waals surface area contributed by atoms with Crippen LogP contribution in [0.5, 0.6) is 0 Å². The largest absolute Gasteiger partial charge is 0.326 e. The number of aromatic nitrogens is 2. The second-order valence-corrected chi connectivity index (χ2v) is 5.97. The summed E-state index contributed by atoms with van der Waals surface area (Å²) in [5.74, 6) is 0.659. The number of anilines is 1. The minimum atomic E-state index is 0.0369. The van der Waals surface area contributed by atoms with E-state index in [-0.39, 0.29) is 5.91 Å². The highest BCUT2D eigenvalue weighted by Crippen LogP contribution is 2.24. The predicted molar refractivity (Wildman–Crippen MR) is 87.4 cm³/mol. The summed E-state index contributed by atoms with van der Waals surface area (Å²) in [6.07, 6.45) is 6.17. The van der Waals surface area contributed by atoms with E-state index in [0.717, 1.165) is 37.3 Å². The van der Waals surface area contributed by atoms with Crippen LogP contribution in [-0.2, 0) is 4.79 Å². The van der Waals surface area contributed by atoms with Crippen molar-refractivity contribution in [3.8, 4) is 5.69 Å². The van der Waals surface area contributed by atoms with E-state index in [1.54, 1.807) is 16.9 Å². The van der Waals surface area contributed by atoms with Gasteiger partial charge in [-0.3, -0.25) is 4.79 Å². The maximum absolute atomic E-state index is 12.0. The molecule has 1 fully saturated rings. The Morgan fingerprint density at radius 3 is 3.09 bits per heavy atom. The summed E-state index contributed by atoms with van der Waals surface area (Å²) in [7, 11) is 0. The van der Waals surface area contributed by atoms with E-state index in [0.29, 0.717) is 17.4 Å². The molecule has 1 aliphatic heterocycles. The number of rotatable bonds is 5. The third kappa shape index (κ3) is 3.67. The summed E-state index contributed by atoms with van der Waals surface area (Å²) < 4.78 is 1.70. The monoisotopic (exact) mass is 318 g/mol. The van der Waals surface area contributed by atoms with Crippen LogP contribution < -0.4 is 10.6 Å². The lowest BCUT2D eigenvalue weighted by Gasteiger charge is -2.10. The van der Waals surface area contributed by atoms with Gasteiger partial charge in [0.2, 0.25) is 5.91 Å². The first-order valence-corrected chi connectivity index (χ1v) is 7.90. The first kappa shape index (κ1) is 15.1. The Kier molecular flexibility index (Phi) is 4.75. The number of nitrogens with one attached hydrogen (secondary N) is 2. The van der Waals surface area contributed by atoms with Crippen LogP contribution in [0.1, 0.15) is 19.3 Å². The SMILES string of the molecule is O=C(CCC1CCNC1)Nc1ccc(-n2cccn2)c(Cl)c1. The summed E-state index contributed by atoms with van der Waals surface area (Å²) in [5.41, 5.74) is 1.51. The van der Waals surface area contributed by atoms with Gasteiger partial charge in [-0.15, -0.1) is 0 Å². The van der Waals surface area contributed by atoms with Gasteiger partial charge in [-0.05, 0) is 56.1 Å². The van der Waals surface area contributed by atoms with E-state index < -0.39 is 0 Å². The van der Waals surface area contributed by atoms with Crippen molar-refractivity contribution in [1.82, 2.24) is 15.1 Å². The van der Waals surface area contributed by atoms with Gasteiger partial charge in [0.25, 0.3) is 0 Å². The molecule has 1 aromatic heterocycles. The van der Waals surface area contributed by atoms with Crippen LogP contribution in [0.3, 0.4) is 0 Å². The molecule has 1 unspecified atom stereocenters. The fourth-order valence-corrected chi connectivity index (χ4v) is 2.97. The first-order valence-electron chi connectivity index (χ1n) is 7.52. The topological polar surface area (TPSA) is 59.0 Å². The molecule has 1 aliphatic rings. The number of carbonyl (C=O) groups excluding carboxylic acids is 1. The molecule has 2 N–H and O–H groups in total. The molecule has 1 amide bonds. The molecule has 116 valence electrons. The van der Waals surface area contributed by atoms with E-state index in [4.69, 9.17) is 11.6 Å². The molecule has 0 bridgehead atoms. The third-order valence-corrected chi connectivity index (χ3v) is 4.23. The second kappa shape index (κ2) is 6.94. The van der Waals surface area contributed by atoms with Crippen molar-refractivity contribution in [3.63, 3.8) is 0 Å². The molecule has 22 heavy (non-hydrogen) atoms. The van der Waals surface area contributed by atoms with Gasteiger partial charge in [-0.25, -0.2) is 4.68 Å². The number of hydrogen-bond donors (Lipinski definition) is 2. The van der Waals surface area contributed by atoms with Crippen molar-refractivity contribution in [2.75, 3.05) is 18.4 Å². The van der Waals surface area contributed by atoms with Crippen LogP contribution in [0.4, 0.5) is 5.69 Å². The normalized spacial score (nSPS) is 17.6. The van der Waals surface area contributed by atoms with Crippen LogP contribution in [0, 0.1) is 5.92 Å². The minimum absolute atomic E-state index is 0.0369. The van der Waals surface area contributed by atoms with Gasteiger partial charge >= 0.3 is 0 Å². The number of amides is 1. The summed E-state index contributed by atoms with van der Waals surface area (Å²) in [4.78, 5) is 12.0. The molecule has 2 aromatic rings. The standard InChI is InChI=1S/C16H19ClN4O/c17-14-10-13(3-4-15(14)21-9-1-7-19-21)20-16(22)5-2-12-6-8-18-11-12/h1,3-4,7,9-10,12,18H,2,5-6,8,11H2,(H,20,22). The number of benzene rings is 1. The Balaban J connectivity index is 1.58. The number of hydrogen-bond acceptors (Lipinski definition) is 3.